The molecule has 0 aromatic heterocycles. The van der Waals surface area contributed by atoms with Crippen molar-refractivity contribution < 1.29 is 9.53 Å². The van der Waals surface area contributed by atoms with Crippen molar-refractivity contribution in [2.75, 3.05) is 6.61 Å². The normalized spacial score (nSPS) is 32.6. The van der Waals surface area contributed by atoms with Gasteiger partial charge in [0.25, 0.3) is 0 Å². The van der Waals surface area contributed by atoms with Gasteiger partial charge in [0.15, 0.2) is 5.78 Å². The molecule has 2 rings (SSSR count). The van der Waals surface area contributed by atoms with Crippen molar-refractivity contribution in [3.8, 4) is 0 Å². The summed E-state index contributed by atoms with van der Waals surface area (Å²) in [6, 6.07) is 0. The summed E-state index contributed by atoms with van der Waals surface area (Å²) in [6.07, 6.45) is 4.70. The zero-order chi connectivity index (χ0) is 6.97. The predicted octanol–water partition coefficient (Wildman–Crippen LogP) is 1.14. The van der Waals surface area contributed by atoms with Gasteiger partial charge in [-0.2, -0.15) is 0 Å². The van der Waals surface area contributed by atoms with Gasteiger partial charge in [-0.05, 0) is 12.8 Å². The molecule has 2 nitrogen and oxygen atoms in total. The second-order valence-electron chi connectivity index (χ2n) is 3.21. The van der Waals surface area contributed by atoms with Crippen LogP contribution in [0.4, 0.5) is 0 Å². The summed E-state index contributed by atoms with van der Waals surface area (Å²) in [6.45, 7) is 0.690. The summed E-state index contributed by atoms with van der Waals surface area (Å²) in [5, 5.41) is 0. The summed E-state index contributed by atoms with van der Waals surface area (Å²) in [7, 11) is 0. The number of rotatable bonds is 2. The summed E-state index contributed by atoms with van der Waals surface area (Å²) in [4.78, 5) is 11.3. The van der Waals surface area contributed by atoms with E-state index in [4.69, 9.17) is 4.74 Å². The lowest BCUT2D eigenvalue weighted by Gasteiger charge is -2.02. The van der Waals surface area contributed by atoms with E-state index in [9.17, 15) is 4.79 Å². The number of ether oxygens (including phenoxy) is 1. The number of carbonyl (C=O) groups excluding carboxylic acids is 1. The molecule has 10 heavy (non-hydrogen) atoms. The molecule has 1 saturated heterocycles. The number of epoxide rings is 1. The maximum Gasteiger partial charge on any atom is 0.166 e. The van der Waals surface area contributed by atoms with Crippen LogP contribution in [0.5, 0.6) is 0 Å². The van der Waals surface area contributed by atoms with Crippen molar-refractivity contribution in [1.29, 1.82) is 0 Å². The molecule has 2 fully saturated rings. The summed E-state index contributed by atoms with van der Waals surface area (Å²) in [5.41, 5.74) is 0. The van der Waals surface area contributed by atoms with E-state index in [0.29, 0.717) is 18.3 Å². The first kappa shape index (κ1) is 6.35. The van der Waals surface area contributed by atoms with E-state index in [1.807, 2.05) is 0 Å². The van der Waals surface area contributed by atoms with E-state index >= 15 is 0 Å². The Bertz CT molecular complexity index is 143. The highest BCUT2D eigenvalue weighted by atomic mass is 16.6. The van der Waals surface area contributed by atoms with Crippen molar-refractivity contribution in [3.05, 3.63) is 0 Å². The number of hydrogen-bond donors (Lipinski definition) is 0. The van der Waals surface area contributed by atoms with Crippen LogP contribution in [0.25, 0.3) is 0 Å². The van der Waals surface area contributed by atoms with Gasteiger partial charge in [0.05, 0.1) is 6.61 Å². The van der Waals surface area contributed by atoms with Gasteiger partial charge in [-0.3, -0.25) is 4.79 Å². The number of Topliss-reactive ketones (excluding diaryl/α,β-unsaturated/α-hetero) is 1. The van der Waals surface area contributed by atoms with Gasteiger partial charge >= 0.3 is 0 Å². The summed E-state index contributed by atoms with van der Waals surface area (Å²) in [5.74, 6) is 0.727. The third-order valence-corrected chi connectivity index (χ3v) is 2.41. The van der Waals surface area contributed by atoms with E-state index in [2.05, 4.69) is 0 Å². The van der Waals surface area contributed by atoms with Crippen LogP contribution < -0.4 is 0 Å². The molecule has 0 spiro atoms. The minimum absolute atomic E-state index is 0.00287. The Hall–Kier alpha value is -0.370. The maximum absolute atomic E-state index is 11.3. The average molecular weight is 140 g/mol. The molecule has 1 unspecified atom stereocenters. The molecule has 0 amide bonds. The maximum atomic E-state index is 11.3. The quantitative estimate of drug-likeness (QED) is 0.538. The topological polar surface area (TPSA) is 29.6 Å². The van der Waals surface area contributed by atoms with Crippen LogP contribution in [0.1, 0.15) is 25.7 Å². The number of carbonyl (C=O) groups is 1. The first-order valence-electron chi connectivity index (χ1n) is 4.03. The largest absolute Gasteiger partial charge is 0.365 e. The SMILES string of the molecule is O=C(C1CCCC1)C1CO1. The van der Waals surface area contributed by atoms with Gasteiger partial charge in [-0.1, -0.05) is 12.8 Å². The van der Waals surface area contributed by atoms with E-state index in [1.165, 1.54) is 12.8 Å². The fourth-order valence-corrected chi connectivity index (χ4v) is 1.69. The lowest BCUT2D eigenvalue weighted by molar-refractivity contribution is -0.123. The molecule has 56 valence electrons. The predicted molar refractivity (Wildman–Crippen MR) is 36.7 cm³/mol. The Balaban J connectivity index is 1.90. The standard InChI is InChI=1S/C8H12O2/c9-8(7-5-10-7)6-3-1-2-4-6/h6-7H,1-5H2. The van der Waals surface area contributed by atoms with Crippen LogP contribution in [-0.2, 0) is 9.53 Å². The molecule has 0 aromatic rings. The first-order valence-corrected chi connectivity index (χ1v) is 4.03. The molecular weight excluding hydrogens is 128 g/mol. The summed E-state index contributed by atoms with van der Waals surface area (Å²) >= 11 is 0. The molecule has 1 heterocycles. The fraction of sp³-hybridized carbons (Fsp3) is 0.875. The molecule has 0 bridgehead atoms. The molecule has 1 aliphatic carbocycles. The molecule has 2 aliphatic rings. The van der Waals surface area contributed by atoms with E-state index < -0.39 is 0 Å². The molecule has 1 atom stereocenters. The lowest BCUT2D eigenvalue weighted by Crippen LogP contribution is -2.16. The van der Waals surface area contributed by atoms with Crippen molar-refractivity contribution >= 4 is 5.78 Å². The van der Waals surface area contributed by atoms with Gasteiger partial charge in [-0.15, -0.1) is 0 Å². The van der Waals surface area contributed by atoms with Crippen molar-refractivity contribution in [2.45, 2.75) is 31.8 Å². The number of ketones is 1. The van der Waals surface area contributed by atoms with E-state index in [0.717, 1.165) is 12.8 Å². The van der Waals surface area contributed by atoms with E-state index in [1.54, 1.807) is 0 Å². The molecule has 1 saturated carbocycles. The number of hydrogen-bond acceptors (Lipinski definition) is 2. The zero-order valence-corrected chi connectivity index (χ0v) is 6.01. The van der Waals surface area contributed by atoms with E-state index in [-0.39, 0.29) is 6.10 Å². The molecular formula is C8H12O2. The Morgan fingerprint density at radius 3 is 2.40 bits per heavy atom. The Morgan fingerprint density at radius 1 is 1.30 bits per heavy atom. The van der Waals surface area contributed by atoms with Gasteiger partial charge in [0.2, 0.25) is 0 Å². The molecule has 0 N–H and O–H groups in total. The second-order valence-corrected chi connectivity index (χ2v) is 3.21. The molecule has 0 radical (unpaired) electrons. The third-order valence-electron chi connectivity index (χ3n) is 2.41. The summed E-state index contributed by atoms with van der Waals surface area (Å²) < 4.78 is 4.93. The highest BCUT2D eigenvalue weighted by Crippen LogP contribution is 2.29. The smallest absolute Gasteiger partial charge is 0.166 e. The van der Waals surface area contributed by atoms with Crippen molar-refractivity contribution in [1.82, 2.24) is 0 Å². The minimum Gasteiger partial charge on any atom is -0.365 e. The first-order chi connectivity index (χ1) is 4.88. The van der Waals surface area contributed by atoms with Crippen LogP contribution in [-0.4, -0.2) is 18.5 Å². The third kappa shape index (κ3) is 1.08. The van der Waals surface area contributed by atoms with Crippen molar-refractivity contribution in [3.63, 3.8) is 0 Å². The van der Waals surface area contributed by atoms with Crippen LogP contribution in [0.2, 0.25) is 0 Å². The van der Waals surface area contributed by atoms with Gasteiger partial charge in [-0.25, -0.2) is 0 Å². The molecule has 1 aliphatic heterocycles. The molecule has 2 heteroatoms. The Labute approximate surface area is 60.6 Å². The highest BCUT2D eigenvalue weighted by molar-refractivity contribution is 5.87. The average Bonchev–Trinajstić information content (AvgIpc) is 2.65. The van der Waals surface area contributed by atoms with Gasteiger partial charge < -0.3 is 4.74 Å². The fourth-order valence-electron chi connectivity index (χ4n) is 1.69. The monoisotopic (exact) mass is 140 g/mol. The van der Waals surface area contributed by atoms with Gasteiger partial charge in [0.1, 0.15) is 6.10 Å². The van der Waals surface area contributed by atoms with Gasteiger partial charge in [0, 0.05) is 5.92 Å². The Kier molecular flexibility index (Phi) is 1.49. The van der Waals surface area contributed by atoms with Crippen molar-refractivity contribution in [2.24, 2.45) is 5.92 Å². The Morgan fingerprint density at radius 2 is 1.90 bits per heavy atom. The zero-order valence-electron chi connectivity index (χ0n) is 6.01. The van der Waals surface area contributed by atoms with Crippen LogP contribution in [0, 0.1) is 5.92 Å². The highest BCUT2D eigenvalue weighted by Gasteiger charge is 2.36. The minimum atomic E-state index is 0.00287. The van der Waals surface area contributed by atoms with Crippen LogP contribution >= 0.6 is 0 Å². The van der Waals surface area contributed by atoms with Crippen LogP contribution in [0.3, 0.4) is 0 Å². The second kappa shape index (κ2) is 2.35. The lowest BCUT2D eigenvalue weighted by atomic mass is 10.0. The molecule has 0 aromatic carbocycles. The van der Waals surface area contributed by atoms with Crippen LogP contribution in [0.15, 0.2) is 0 Å².